The number of aryl methyl sites for hydroxylation is 1. The first-order valence-corrected chi connectivity index (χ1v) is 7.79. The summed E-state index contributed by atoms with van der Waals surface area (Å²) in [6.07, 6.45) is 2.10. The van der Waals surface area contributed by atoms with Crippen molar-refractivity contribution in [2.75, 3.05) is 13.1 Å². The van der Waals surface area contributed by atoms with Crippen molar-refractivity contribution in [2.24, 2.45) is 0 Å². The predicted molar refractivity (Wildman–Crippen MR) is 87.2 cm³/mol. The molecule has 3 heteroatoms. The fourth-order valence-corrected chi connectivity index (χ4v) is 3.18. The molecule has 2 aromatic rings. The molecule has 1 amide bonds. The summed E-state index contributed by atoms with van der Waals surface area (Å²) in [5.41, 5.74) is 2.95. The summed E-state index contributed by atoms with van der Waals surface area (Å²) in [7, 11) is 0. The van der Waals surface area contributed by atoms with E-state index in [2.05, 4.69) is 31.2 Å². The molecule has 114 valence electrons. The molecule has 0 radical (unpaired) electrons. The van der Waals surface area contributed by atoms with Crippen LogP contribution in [0, 0.1) is 6.92 Å². The monoisotopic (exact) mass is 295 g/mol. The van der Waals surface area contributed by atoms with Crippen molar-refractivity contribution in [3.63, 3.8) is 0 Å². The number of hydrogen-bond donors (Lipinski definition) is 1. The Morgan fingerprint density at radius 1 is 1.18 bits per heavy atom. The van der Waals surface area contributed by atoms with Crippen molar-refractivity contribution in [3.05, 3.63) is 65.2 Å². The molecule has 1 saturated heterocycles. The average molecular weight is 295 g/mol. The zero-order chi connectivity index (χ0) is 15.5. The summed E-state index contributed by atoms with van der Waals surface area (Å²) in [6.45, 7) is 3.57. The second-order valence-electron chi connectivity index (χ2n) is 6.02. The van der Waals surface area contributed by atoms with E-state index in [1.165, 1.54) is 11.1 Å². The molecule has 2 aromatic carbocycles. The quantitative estimate of drug-likeness (QED) is 0.917. The molecule has 1 unspecified atom stereocenters. The zero-order valence-electron chi connectivity index (χ0n) is 12.8. The minimum atomic E-state index is -0.0737. The molecule has 22 heavy (non-hydrogen) atoms. The Balaban J connectivity index is 1.78. The minimum absolute atomic E-state index is 0.0604. The third-order valence-corrected chi connectivity index (χ3v) is 4.36. The lowest BCUT2D eigenvalue weighted by Crippen LogP contribution is -2.39. The van der Waals surface area contributed by atoms with Crippen LogP contribution < -0.4 is 0 Å². The lowest BCUT2D eigenvalue weighted by Gasteiger charge is -2.33. The van der Waals surface area contributed by atoms with Crippen molar-refractivity contribution >= 4 is 5.91 Å². The van der Waals surface area contributed by atoms with Crippen LogP contribution in [0.25, 0.3) is 0 Å². The van der Waals surface area contributed by atoms with Gasteiger partial charge in [-0.1, -0.05) is 42.0 Å². The molecule has 3 rings (SSSR count). The number of phenolic OH excluding ortho intramolecular Hbond substituents is 1. The molecule has 1 N–H and O–H groups in total. The Hall–Kier alpha value is -2.29. The molecule has 0 saturated carbocycles. The number of carbonyl (C=O) groups excluding carboxylic acids is 1. The zero-order valence-corrected chi connectivity index (χ0v) is 12.8. The summed E-state index contributed by atoms with van der Waals surface area (Å²) in [5.74, 6) is 0.365. The average Bonchev–Trinajstić information content (AvgIpc) is 2.55. The molecule has 0 aromatic heterocycles. The molecule has 1 fully saturated rings. The highest BCUT2D eigenvalue weighted by Crippen LogP contribution is 2.29. The smallest absolute Gasteiger partial charge is 0.257 e. The van der Waals surface area contributed by atoms with Gasteiger partial charge >= 0.3 is 0 Å². The second-order valence-corrected chi connectivity index (χ2v) is 6.02. The van der Waals surface area contributed by atoms with Crippen molar-refractivity contribution in [1.29, 1.82) is 0 Å². The van der Waals surface area contributed by atoms with Gasteiger partial charge in [-0.3, -0.25) is 4.79 Å². The number of hydrogen-bond acceptors (Lipinski definition) is 2. The number of aromatic hydroxyl groups is 1. The van der Waals surface area contributed by atoms with E-state index in [-0.39, 0.29) is 11.7 Å². The Labute approximate surface area is 131 Å². The lowest BCUT2D eigenvalue weighted by molar-refractivity contribution is 0.0704. The van der Waals surface area contributed by atoms with Crippen molar-refractivity contribution in [3.8, 4) is 5.75 Å². The third-order valence-electron chi connectivity index (χ3n) is 4.36. The molecule has 1 heterocycles. The molecule has 1 aliphatic heterocycles. The van der Waals surface area contributed by atoms with E-state index in [0.29, 0.717) is 11.5 Å². The van der Waals surface area contributed by atoms with Gasteiger partial charge in [-0.25, -0.2) is 0 Å². The molecule has 0 bridgehead atoms. The van der Waals surface area contributed by atoms with Crippen molar-refractivity contribution in [2.45, 2.75) is 25.7 Å². The van der Waals surface area contributed by atoms with Gasteiger partial charge in [-0.15, -0.1) is 0 Å². The number of piperidine rings is 1. The Kier molecular flexibility index (Phi) is 4.14. The first-order chi connectivity index (χ1) is 10.6. The maximum atomic E-state index is 12.6. The Morgan fingerprint density at radius 2 is 2.00 bits per heavy atom. The van der Waals surface area contributed by atoms with Gasteiger partial charge in [0.25, 0.3) is 5.91 Å². The van der Waals surface area contributed by atoms with Gasteiger partial charge in [0.05, 0.1) is 5.56 Å². The lowest BCUT2D eigenvalue weighted by atomic mass is 9.89. The largest absolute Gasteiger partial charge is 0.507 e. The van der Waals surface area contributed by atoms with E-state index >= 15 is 0 Å². The summed E-state index contributed by atoms with van der Waals surface area (Å²) >= 11 is 0. The molecule has 3 nitrogen and oxygen atoms in total. The van der Waals surface area contributed by atoms with Crippen LogP contribution in [-0.2, 0) is 0 Å². The fraction of sp³-hybridized carbons (Fsp3) is 0.316. The number of rotatable bonds is 2. The van der Waals surface area contributed by atoms with Gasteiger partial charge in [0.15, 0.2) is 0 Å². The van der Waals surface area contributed by atoms with Crippen LogP contribution >= 0.6 is 0 Å². The molecular weight excluding hydrogens is 274 g/mol. The number of nitrogens with zero attached hydrogens (tertiary/aromatic N) is 1. The normalized spacial score (nSPS) is 18.2. The summed E-state index contributed by atoms with van der Waals surface area (Å²) in [6, 6.07) is 15.3. The fourth-order valence-electron chi connectivity index (χ4n) is 3.18. The summed E-state index contributed by atoms with van der Waals surface area (Å²) in [4.78, 5) is 14.5. The van der Waals surface area contributed by atoms with Crippen LogP contribution in [0.5, 0.6) is 5.75 Å². The molecule has 1 atom stereocenters. The van der Waals surface area contributed by atoms with Gasteiger partial charge < -0.3 is 10.0 Å². The maximum Gasteiger partial charge on any atom is 0.257 e. The molecule has 0 aliphatic carbocycles. The highest BCUT2D eigenvalue weighted by molar-refractivity contribution is 5.96. The van der Waals surface area contributed by atoms with E-state index in [1.807, 2.05) is 4.90 Å². The van der Waals surface area contributed by atoms with Gasteiger partial charge in [-0.05, 0) is 37.5 Å². The molecule has 0 spiro atoms. The number of para-hydroxylation sites is 1. The van der Waals surface area contributed by atoms with Crippen LogP contribution in [0.15, 0.2) is 48.5 Å². The third kappa shape index (κ3) is 2.98. The predicted octanol–water partition coefficient (Wildman–Crippen LogP) is 3.72. The highest BCUT2D eigenvalue weighted by Gasteiger charge is 2.26. The van der Waals surface area contributed by atoms with Gasteiger partial charge in [0, 0.05) is 19.0 Å². The second kappa shape index (κ2) is 6.22. The van der Waals surface area contributed by atoms with Crippen LogP contribution in [-0.4, -0.2) is 29.0 Å². The topological polar surface area (TPSA) is 40.5 Å². The van der Waals surface area contributed by atoms with E-state index in [0.717, 1.165) is 25.9 Å². The van der Waals surface area contributed by atoms with Gasteiger partial charge in [0.1, 0.15) is 5.75 Å². The van der Waals surface area contributed by atoms with Crippen LogP contribution in [0.2, 0.25) is 0 Å². The van der Waals surface area contributed by atoms with Crippen LogP contribution in [0.1, 0.15) is 40.2 Å². The van der Waals surface area contributed by atoms with Crippen LogP contribution in [0.3, 0.4) is 0 Å². The Morgan fingerprint density at radius 3 is 2.77 bits per heavy atom. The number of amides is 1. The molecule has 1 aliphatic rings. The first kappa shape index (κ1) is 14.6. The maximum absolute atomic E-state index is 12.6. The Bertz CT molecular complexity index is 681. The summed E-state index contributed by atoms with van der Waals surface area (Å²) in [5, 5.41) is 9.88. The van der Waals surface area contributed by atoms with E-state index < -0.39 is 0 Å². The highest BCUT2D eigenvalue weighted by atomic mass is 16.3. The number of benzene rings is 2. The SMILES string of the molecule is Cc1cccc(C2CCCN(C(=O)c3ccccc3O)C2)c1. The number of phenols is 1. The molecular formula is C19H21NO2. The van der Waals surface area contributed by atoms with Crippen molar-refractivity contribution < 1.29 is 9.90 Å². The summed E-state index contributed by atoms with van der Waals surface area (Å²) < 4.78 is 0. The van der Waals surface area contributed by atoms with Crippen molar-refractivity contribution in [1.82, 2.24) is 4.90 Å². The van der Waals surface area contributed by atoms with E-state index in [1.54, 1.807) is 24.3 Å². The van der Waals surface area contributed by atoms with E-state index in [9.17, 15) is 9.90 Å². The minimum Gasteiger partial charge on any atom is -0.507 e. The number of carbonyl (C=O) groups is 1. The van der Waals surface area contributed by atoms with E-state index in [4.69, 9.17) is 0 Å². The standard InChI is InChI=1S/C19H21NO2/c1-14-6-4-7-15(12-14)16-8-5-11-20(13-16)19(22)17-9-2-3-10-18(17)21/h2-4,6-7,9-10,12,16,21H,5,8,11,13H2,1H3. The number of likely N-dealkylation sites (tertiary alicyclic amines) is 1. The first-order valence-electron chi connectivity index (χ1n) is 7.79. The van der Waals surface area contributed by atoms with Gasteiger partial charge in [-0.2, -0.15) is 0 Å². The van der Waals surface area contributed by atoms with Gasteiger partial charge in [0.2, 0.25) is 0 Å². The van der Waals surface area contributed by atoms with Crippen LogP contribution in [0.4, 0.5) is 0 Å².